The van der Waals surface area contributed by atoms with Crippen LogP contribution in [0.2, 0.25) is 0 Å². The van der Waals surface area contributed by atoms with Crippen molar-refractivity contribution in [2.45, 2.75) is 0 Å². The highest BCUT2D eigenvalue weighted by Crippen LogP contribution is 2.42. The molecule has 6 rings (SSSR count). The van der Waals surface area contributed by atoms with Gasteiger partial charge in [0.15, 0.2) is 0 Å². The van der Waals surface area contributed by atoms with Gasteiger partial charge in [0.05, 0.1) is 28.2 Å². The van der Waals surface area contributed by atoms with E-state index < -0.39 is 0 Å². The van der Waals surface area contributed by atoms with E-state index in [4.69, 9.17) is 4.42 Å². The maximum Gasteiger partial charge on any atom is 0.134 e. The largest absolute Gasteiger partial charge is 0.464 e. The number of fused-ring (bicyclic) bond motifs is 2. The molecule has 28 heavy (non-hydrogen) atoms. The Morgan fingerprint density at radius 1 is 0.786 bits per heavy atom. The molecule has 0 aliphatic rings. The van der Waals surface area contributed by atoms with Crippen LogP contribution in [0.3, 0.4) is 0 Å². The van der Waals surface area contributed by atoms with E-state index in [-0.39, 0.29) is 0 Å². The zero-order valence-corrected chi connectivity index (χ0v) is 15.7. The molecule has 0 saturated heterocycles. The fourth-order valence-electron chi connectivity index (χ4n) is 3.95. The smallest absolute Gasteiger partial charge is 0.134 e. The van der Waals surface area contributed by atoms with Crippen LogP contribution in [0, 0.1) is 0 Å². The highest BCUT2D eigenvalue weighted by atomic mass is 32.1. The van der Waals surface area contributed by atoms with Crippen LogP contribution in [0.1, 0.15) is 0 Å². The number of hydrogen-bond donors (Lipinski definition) is 2. The van der Waals surface area contributed by atoms with Crippen molar-refractivity contribution < 1.29 is 4.42 Å². The summed E-state index contributed by atoms with van der Waals surface area (Å²) in [6.07, 6.45) is 1.73. The molecule has 0 fully saturated rings. The molecule has 0 bridgehead atoms. The van der Waals surface area contributed by atoms with Gasteiger partial charge in [0.2, 0.25) is 0 Å². The molecule has 0 saturated carbocycles. The van der Waals surface area contributed by atoms with E-state index in [0.29, 0.717) is 0 Å². The summed E-state index contributed by atoms with van der Waals surface area (Å²) in [5.74, 6) is 0.880. The number of furan rings is 1. The second-order valence-corrected chi connectivity index (χ2v) is 7.78. The van der Waals surface area contributed by atoms with E-state index in [1.807, 2.05) is 12.1 Å². The Morgan fingerprint density at radius 2 is 1.75 bits per heavy atom. The minimum absolute atomic E-state index is 0.880. The first kappa shape index (κ1) is 15.5. The Kier molecular flexibility index (Phi) is 3.34. The number of rotatable bonds is 3. The van der Waals surface area contributed by atoms with Crippen molar-refractivity contribution in [1.29, 1.82) is 0 Å². The normalized spacial score (nSPS) is 11.6. The molecule has 6 aromatic rings. The van der Waals surface area contributed by atoms with Gasteiger partial charge < -0.3 is 14.4 Å². The van der Waals surface area contributed by atoms with Crippen LogP contribution in [-0.2, 0) is 0 Å². The highest BCUT2D eigenvalue weighted by Gasteiger charge is 2.19. The maximum atomic E-state index is 5.74. The Balaban J connectivity index is 1.70. The summed E-state index contributed by atoms with van der Waals surface area (Å²) < 4.78 is 5.74. The molecule has 0 spiro atoms. The van der Waals surface area contributed by atoms with Gasteiger partial charge in [-0.05, 0) is 35.7 Å². The van der Waals surface area contributed by atoms with Crippen LogP contribution < -0.4 is 0 Å². The minimum atomic E-state index is 0.880. The fraction of sp³-hybridized carbons (Fsp3) is 0. The first-order valence-electron chi connectivity index (χ1n) is 9.19. The molecule has 134 valence electrons. The number of nitrogens with one attached hydrogen (secondary N) is 2. The standard InChI is InChI=1S/C24H16N2OS/c1-2-9-18-15(6-1)14-19(25-18)23-17-8-3-7-16(20-10-4-12-27-20)22(17)24(26-23)21-11-5-13-28-21/h1-14,25-26H. The quantitative estimate of drug-likeness (QED) is 0.332. The van der Waals surface area contributed by atoms with E-state index in [2.05, 4.69) is 76.0 Å². The van der Waals surface area contributed by atoms with Crippen molar-refractivity contribution in [2.75, 3.05) is 0 Å². The number of benzene rings is 2. The van der Waals surface area contributed by atoms with Gasteiger partial charge in [-0.15, -0.1) is 11.3 Å². The molecular formula is C24H16N2OS. The first-order valence-corrected chi connectivity index (χ1v) is 10.1. The summed E-state index contributed by atoms with van der Waals surface area (Å²) in [5, 5.41) is 5.69. The summed E-state index contributed by atoms with van der Waals surface area (Å²) in [6.45, 7) is 0. The Hall–Kier alpha value is -3.50. The summed E-state index contributed by atoms with van der Waals surface area (Å²) in [6, 6.07) is 25.2. The molecule has 0 radical (unpaired) electrons. The van der Waals surface area contributed by atoms with Gasteiger partial charge in [-0.3, -0.25) is 0 Å². The van der Waals surface area contributed by atoms with Crippen molar-refractivity contribution in [3.05, 3.63) is 84.4 Å². The van der Waals surface area contributed by atoms with Crippen LogP contribution in [0.15, 0.2) is 88.9 Å². The van der Waals surface area contributed by atoms with Gasteiger partial charge in [-0.2, -0.15) is 0 Å². The summed E-state index contributed by atoms with van der Waals surface area (Å²) in [5.41, 5.74) is 5.56. The number of hydrogen-bond acceptors (Lipinski definition) is 2. The predicted molar refractivity (Wildman–Crippen MR) is 117 cm³/mol. The van der Waals surface area contributed by atoms with Crippen LogP contribution in [0.5, 0.6) is 0 Å². The third-order valence-electron chi connectivity index (χ3n) is 5.19. The van der Waals surface area contributed by atoms with Gasteiger partial charge in [-0.25, -0.2) is 0 Å². The summed E-state index contributed by atoms with van der Waals surface area (Å²) in [7, 11) is 0. The van der Waals surface area contributed by atoms with Crippen molar-refractivity contribution in [3.8, 4) is 33.3 Å². The first-order chi connectivity index (χ1) is 13.9. The van der Waals surface area contributed by atoms with Crippen molar-refractivity contribution >= 4 is 33.0 Å². The minimum Gasteiger partial charge on any atom is -0.464 e. The van der Waals surface area contributed by atoms with E-state index in [9.17, 15) is 0 Å². The second-order valence-electron chi connectivity index (χ2n) is 6.83. The molecule has 0 aliphatic carbocycles. The number of para-hydroxylation sites is 1. The van der Waals surface area contributed by atoms with Gasteiger partial charge in [0.25, 0.3) is 0 Å². The van der Waals surface area contributed by atoms with Gasteiger partial charge >= 0.3 is 0 Å². The molecule has 3 nitrogen and oxygen atoms in total. The molecule has 4 heteroatoms. The third-order valence-corrected chi connectivity index (χ3v) is 6.07. The number of H-pyrrole nitrogens is 2. The van der Waals surface area contributed by atoms with Crippen LogP contribution >= 0.6 is 11.3 Å². The molecule has 0 atom stereocenters. The third kappa shape index (κ3) is 2.28. The average Bonchev–Trinajstić information content (AvgIpc) is 3.53. The lowest BCUT2D eigenvalue weighted by molar-refractivity contribution is 0.583. The monoisotopic (exact) mass is 380 g/mol. The van der Waals surface area contributed by atoms with Crippen molar-refractivity contribution in [3.63, 3.8) is 0 Å². The lowest BCUT2D eigenvalue weighted by atomic mass is 10.0. The summed E-state index contributed by atoms with van der Waals surface area (Å²) >= 11 is 1.74. The molecule has 2 N–H and O–H groups in total. The van der Waals surface area contributed by atoms with E-state index in [1.54, 1.807) is 17.6 Å². The number of aromatic amines is 2. The molecule has 0 unspecified atom stereocenters. The molecular weight excluding hydrogens is 364 g/mol. The van der Waals surface area contributed by atoms with Gasteiger partial charge in [0.1, 0.15) is 5.76 Å². The topological polar surface area (TPSA) is 44.7 Å². The van der Waals surface area contributed by atoms with E-state index >= 15 is 0 Å². The van der Waals surface area contributed by atoms with Crippen LogP contribution in [-0.4, -0.2) is 9.97 Å². The van der Waals surface area contributed by atoms with E-state index in [1.165, 1.54) is 21.0 Å². The maximum absolute atomic E-state index is 5.74. The van der Waals surface area contributed by atoms with Crippen LogP contribution in [0.4, 0.5) is 0 Å². The fourth-order valence-corrected chi connectivity index (χ4v) is 4.68. The Morgan fingerprint density at radius 3 is 2.57 bits per heavy atom. The van der Waals surface area contributed by atoms with Crippen LogP contribution in [0.25, 0.3) is 55.0 Å². The zero-order chi connectivity index (χ0) is 18.5. The molecule has 4 heterocycles. The molecule has 0 amide bonds. The SMILES string of the molecule is c1coc(-c2cccc3c(-c4cc5ccccc5[nH]4)[nH]c(-c4cccs4)c23)c1. The second kappa shape index (κ2) is 6.01. The van der Waals surface area contributed by atoms with Crippen molar-refractivity contribution in [2.24, 2.45) is 0 Å². The predicted octanol–water partition coefficient (Wildman–Crippen LogP) is 7.30. The van der Waals surface area contributed by atoms with Gasteiger partial charge in [0, 0.05) is 27.2 Å². The number of aromatic nitrogens is 2. The molecule has 4 aromatic heterocycles. The lowest BCUT2D eigenvalue weighted by Gasteiger charge is -2.03. The Labute approximate surface area is 165 Å². The molecule has 0 aliphatic heterocycles. The zero-order valence-electron chi connectivity index (χ0n) is 14.9. The Bertz CT molecular complexity index is 1370. The highest BCUT2D eigenvalue weighted by molar-refractivity contribution is 7.13. The van der Waals surface area contributed by atoms with Gasteiger partial charge in [-0.1, -0.05) is 42.5 Å². The average molecular weight is 380 g/mol. The van der Waals surface area contributed by atoms with Crippen molar-refractivity contribution in [1.82, 2.24) is 9.97 Å². The lowest BCUT2D eigenvalue weighted by Crippen LogP contribution is -1.79. The molecule has 2 aromatic carbocycles. The summed E-state index contributed by atoms with van der Waals surface area (Å²) in [4.78, 5) is 8.49. The number of thiophene rings is 1. The van der Waals surface area contributed by atoms with E-state index in [0.717, 1.165) is 33.9 Å².